The van der Waals surface area contributed by atoms with Gasteiger partial charge >= 0.3 is 0 Å². The second-order valence-electron chi connectivity index (χ2n) is 6.16. The SMILES string of the molecule is C=CCN1C(=O)/C(=C\c2ccc(-c3ccccc3Cl)o2)S/C1=N/c1nc(C)cs1. The molecule has 0 N–H and O–H groups in total. The van der Waals surface area contributed by atoms with Gasteiger partial charge in [-0.3, -0.25) is 9.69 Å². The zero-order valence-corrected chi connectivity index (χ0v) is 17.9. The lowest BCUT2D eigenvalue weighted by molar-refractivity contribution is -0.121. The van der Waals surface area contributed by atoms with Crippen molar-refractivity contribution in [1.29, 1.82) is 0 Å². The van der Waals surface area contributed by atoms with E-state index in [2.05, 4.69) is 16.6 Å². The van der Waals surface area contributed by atoms with E-state index in [0.717, 1.165) is 11.3 Å². The topological polar surface area (TPSA) is 58.7 Å². The second kappa shape index (κ2) is 8.41. The number of aromatic nitrogens is 1. The maximum atomic E-state index is 12.9. The van der Waals surface area contributed by atoms with Crippen molar-refractivity contribution >= 4 is 57.0 Å². The number of amides is 1. The molecule has 1 aliphatic rings. The van der Waals surface area contributed by atoms with Gasteiger partial charge in [0.15, 0.2) is 5.17 Å². The lowest BCUT2D eigenvalue weighted by Gasteiger charge is -2.11. The summed E-state index contributed by atoms with van der Waals surface area (Å²) in [7, 11) is 0. The van der Waals surface area contributed by atoms with Crippen molar-refractivity contribution in [1.82, 2.24) is 9.88 Å². The zero-order valence-electron chi connectivity index (χ0n) is 15.5. The number of furan rings is 1. The third-order valence-electron chi connectivity index (χ3n) is 4.04. The first-order valence-corrected chi connectivity index (χ1v) is 10.8. The Labute approximate surface area is 181 Å². The van der Waals surface area contributed by atoms with Gasteiger partial charge in [-0.15, -0.1) is 17.9 Å². The molecule has 3 heterocycles. The molecule has 1 aromatic carbocycles. The molecule has 0 radical (unpaired) electrons. The smallest absolute Gasteiger partial charge is 0.267 e. The van der Waals surface area contributed by atoms with Crippen LogP contribution in [0.4, 0.5) is 5.13 Å². The number of carbonyl (C=O) groups excluding carboxylic acids is 1. The first-order valence-electron chi connectivity index (χ1n) is 8.73. The summed E-state index contributed by atoms with van der Waals surface area (Å²) >= 11 is 8.98. The monoisotopic (exact) mass is 441 g/mol. The van der Waals surface area contributed by atoms with Crippen LogP contribution >= 0.6 is 34.7 Å². The van der Waals surface area contributed by atoms with E-state index in [1.807, 2.05) is 48.7 Å². The Morgan fingerprint density at radius 1 is 1.31 bits per heavy atom. The van der Waals surface area contributed by atoms with Gasteiger partial charge in [-0.2, -0.15) is 4.99 Å². The maximum Gasteiger partial charge on any atom is 0.267 e. The molecule has 5 nitrogen and oxygen atoms in total. The van der Waals surface area contributed by atoms with Crippen LogP contribution in [-0.4, -0.2) is 27.5 Å². The second-order valence-corrected chi connectivity index (χ2v) is 8.42. The minimum absolute atomic E-state index is 0.141. The number of halogens is 1. The molecular formula is C21H16ClN3O2S2. The van der Waals surface area contributed by atoms with Gasteiger partial charge in [0.2, 0.25) is 5.13 Å². The van der Waals surface area contributed by atoms with E-state index in [-0.39, 0.29) is 5.91 Å². The van der Waals surface area contributed by atoms with Gasteiger partial charge in [-0.1, -0.05) is 29.8 Å². The summed E-state index contributed by atoms with van der Waals surface area (Å²) in [6, 6.07) is 11.1. The summed E-state index contributed by atoms with van der Waals surface area (Å²) in [5.74, 6) is 1.08. The average Bonchev–Trinajstić information content (AvgIpc) is 3.40. The lowest BCUT2D eigenvalue weighted by atomic mass is 10.2. The predicted octanol–water partition coefficient (Wildman–Crippen LogP) is 6.15. The highest BCUT2D eigenvalue weighted by Gasteiger charge is 2.33. The normalized spacial score (nSPS) is 16.9. The highest BCUT2D eigenvalue weighted by atomic mass is 35.5. The van der Waals surface area contributed by atoms with Crippen molar-refractivity contribution in [3.05, 3.63) is 75.8 Å². The number of hydrogen-bond acceptors (Lipinski definition) is 6. The number of nitrogens with zero attached hydrogens (tertiary/aromatic N) is 3. The molecule has 0 unspecified atom stereocenters. The van der Waals surface area contributed by atoms with Gasteiger partial charge in [-0.05, 0) is 43.0 Å². The molecule has 1 saturated heterocycles. The molecule has 1 amide bonds. The number of aliphatic imine (C=N–C) groups is 1. The van der Waals surface area contributed by atoms with Crippen LogP contribution in [0.25, 0.3) is 17.4 Å². The molecule has 8 heteroatoms. The van der Waals surface area contributed by atoms with E-state index in [1.54, 1.807) is 17.1 Å². The quantitative estimate of drug-likeness (QED) is 0.351. The van der Waals surface area contributed by atoms with Crippen LogP contribution in [0.3, 0.4) is 0 Å². The fourth-order valence-electron chi connectivity index (χ4n) is 2.72. The Bertz CT molecular complexity index is 1150. The van der Waals surface area contributed by atoms with Crippen LogP contribution in [0.5, 0.6) is 0 Å². The van der Waals surface area contributed by atoms with Crippen LogP contribution < -0.4 is 0 Å². The number of thiazole rings is 1. The van der Waals surface area contributed by atoms with Crippen LogP contribution in [0.15, 0.2) is 68.7 Å². The Kier molecular flexibility index (Phi) is 5.71. The van der Waals surface area contributed by atoms with Crippen molar-refractivity contribution in [2.45, 2.75) is 6.92 Å². The van der Waals surface area contributed by atoms with E-state index in [0.29, 0.717) is 38.3 Å². The molecule has 4 rings (SSSR count). The molecule has 1 aliphatic heterocycles. The summed E-state index contributed by atoms with van der Waals surface area (Å²) in [4.78, 5) is 23.9. The number of rotatable bonds is 5. The average molecular weight is 442 g/mol. The van der Waals surface area contributed by atoms with Crippen molar-refractivity contribution in [3.8, 4) is 11.3 Å². The molecule has 1 fully saturated rings. The van der Waals surface area contributed by atoms with Crippen molar-refractivity contribution < 1.29 is 9.21 Å². The zero-order chi connectivity index (χ0) is 20.4. The van der Waals surface area contributed by atoms with E-state index in [4.69, 9.17) is 16.0 Å². The largest absolute Gasteiger partial charge is 0.457 e. The molecule has 0 bridgehead atoms. The van der Waals surface area contributed by atoms with Crippen LogP contribution in [0.2, 0.25) is 5.02 Å². The molecule has 29 heavy (non-hydrogen) atoms. The summed E-state index contributed by atoms with van der Waals surface area (Å²) in [5.41, 5.74) is 1.70. The lowest BCUT2D eigenvalue weighted by Crippen LogP contribution is -2.29. The van der Waals surface area contributed by atoms with Gasteiger partial charge in [0.25, 0.3) is 5.91 Å². The van der Waals surface area contributed by atoms with Crippen LogP contribution in [0, 0.1) is 6.92 Å². The number of amidine groups is 1. The molecule has 3 aromatic rings. The number of hydrogen-bond donors (Lipinski definition) is 0. The summed E-state index contributed by atoms with van der Waals surface area (Å²) in [6.45, 7) is 6.02. The Morgan fingerprint density at radius 3 is 2.86 bits per heavy atom. The van der Waals surface area contributed by atoms with Crippen molar-refractivity contribution in [2.24, 2.45) is 4.99 Å². The fourth-order valence-corrected chi connectivity index (χ4v) is 4.64. The van der Waals surface area contributed by atoms with Crippen molar-refractivity contribution in [3.63, 3.8) is 0 Å². The third-order valence-corrected chi connectivity index (χ3v) is 6.23. The predicted molar refractivity (Wildman–Crippen MR) is 121 cm³/mol. The Balaban J connectivity index is 1.64. The minimum atomic E-state index is -0.141. The van der Waals surface area contributed by atoms with Crippen LogP contribution in [-0.2, 0) is 4.79 Å². The van der Waals surface area contributed by atoms with Gasteiger partial charge in [0, 0.05) is 23.6 Å². The molecule has 0 atom stereocenters. The summed E-state index contributed by atoms with van der Waals surface area (Å²) in [5, 5.41) is 3.73. The van der Waals surface area contributed by atoms with E-state index in [1.165, 1.54) is 23.1 Å². The third kappa shape index (κ3) is 4.22. The molecule has 0 saturated carbocycles. The van der Waals surface area contributed by atoms with E-state index in [9.17, 15) is 4.79 Å². The number of carbonyl (C=O) groups is 1. The highest BCUT2D eigenvalue weighted by Crippen LogP contribution is 2.36. The van der Waals surface area contributed by atoms with Gasteiger partial charge in [-0.25, -0.2) is 4.98 Å². The van der Waals surface area contributed by atoms with Crippen molar-refractivity contribution in [2.75, 3.05) is 6.54 Å². The van der Waals surface area contributed by atoms with E-state index < -0.39 is 0 Å². The summed E-state index contributed by atoms with van der Waals surface area (Å²) in [6.07, 6.45) is 3.39. The fraction of sp³-hybridized carbons (Fsp3) is 0.0952. The van der Waals surface area contributed by atoms with Crippen LogP contribution in [0.1, 0.15) is 11.5 Å². The molecule has 0 aliphatic carbocycles. The number of thioether (sulfide) groups is 1. The Hall–Kier alpha value is -2.61. The van der Waals surface area contributed by atoms with Gasteiger partial charge < -0.3 is 4.42 Å². The molecular weight excluding hydrogens is 426 g/mol. The summed E-state index contributed by atoms with van der Waals surface area (Å²) < 4.78 is 5.90. The standard InChI is InChI=1S/C21H16ClN3O2S2/c1-3-10-25-19(26)18(29-21(25)24-20-23-13(2)12-28-20)11-14-8-9-17(27-14)15-6-4-5-7-16(15)22/h3-9,11-12H,1,10H2,2H3/b18-11+,24-21+. The highest BCUT2D eigenvalue weighted by molar-refractivity contribution is 8.18. The van der Waals surface area contributed by atoms with E-state index >= 15 is 0 Å². The first-order chi connectivity index (χ1) is 14.0. The number of aryl methyl sites for hydroxylation is 1. The maximum absolute atomic E-state index is 12.9. The minimum Gasteiger partial charge on any atom is -0.457 e. The van der Waals surface area contributed by atoms with Gasteiger partial charge in [0.05, 0.1) is 15.6 Å². The van der Waals surface area contributed by atoms with Gasteiger partial charge in [0.1, 0.15) is 11.5 Å². The Morgan fingerprint density at radius 2 is 2.14 bits per heavy atom. The number of benzene rings is 1. The first kappa shape index (κ1) is 19.7. The molecule has 0 spiro atoms. The molecule has 2 aromatic heterocycles. The molecule has 146 valence electrons.